The molecule has 1 saturated heterocycles. The molecule has 2 amide bonds. The first kappa shape index (κ1) is 17.3. The van der Waals surface area contributed by atoms with E-state index in [1.165, 1.54) is 6.08 Å². The summed E-state index contributed by atoms with van der Waals surface area (Å²) < 4.78 is 0. The van der Waals surface area contributed by atoms with E-state index in [0.29, 0.717) is 5.92 Å². The predicted octanol–water partition coefficient (Wildman–Crippen LogP) is 2.67. The molecule has 0 bridgehead atoms. The molecule has 23 heavy (non-hydrogen) atoms. The molecular weight excluding hydrogens is 288 g/mol. The Labute approximate surface area is 138 Å². The van der Waals surface area contributed by atoms with Crippen molar-refractivity contribution in [2.24, 2.45) is 5.92 Å². The van der Waals surface area contributed by atoms with E-state index in [4.69, 9.17) is 0 Å². The Balaban J connectivity index is 1.85. The number of likely N-dealkylation sites (tertiary alicyclic amines) is 1. The highest BCUT2D eigenvalue weighted by Gasteiger charge is 2.27. The normalized spacial score (nSPS) is 16.7. The Morgan fingerprint density at radius 2 is 1.91 bits per heavy atom. The van der Waals surface area contributed by atoms with Crippen molar-refractivity contribution in [3.63, 3.8) is 0 Å². The van der Waals surface area contributed by atoms with E-state index in [0.717, 1.165) is 38.0 Å². The van der Waals surface area contributed by atoms with Gasteiger partial charge in [-0.2, -0.15) is 0 Å². The van der Waals surface area contributed by atoms with Gasteiger partial charge >= 0.3 is 0 Å². The number of hydrogen-bond acceptors (Lipinski definition) is 2. The number of rotatable bonds is 5. The first-order valence-corrected chi connectivity index (χ1v) is 8.24. The first-order chi connectivity index (χ1) is 11.0. The zero-order valence-corrected chi connectivity index (χ0v) is 14.1. The van der Waals surface area contributed by atoms with Crippen LogP contribution >= 0.6 is 0 Å². The van der Waals surface area contributed by atoms with Crippen molar-refractivity contribution >= 4 is 11.8 Å². The number of nitrogens with zero attached hydrogens (tertiary/aromatic N) is 2. The number of benzene rings is 1. The summed E-state index contributed by atoms with van der Waals surface area (Å²) in [6.45, 7) is 7.77. The standard InChI is InChI=1S/C19H26N2O2/c1-4-18(22)20(3)14-16-10-12-21(13-11-16)19(23)15(2)17-8-6-5-7-9-17/h4-9,15-16H,1,10-14H2,2-3H3/t15-/m0/s1. The molecule has 1 aromatic rings. The molecule has 1 atom stereocenters. The van der Waals surface area contributed by atoms with E-state index in [2.05, 4.69) is 6.58 Å². The minimum Gasteiger partial charge on any atom is -0.342 e. The molecule has 0 saturated carbocycles. The molecule has 4 nitrogen and oxygen atoms in total. The van der Waals surface area contributed by atoms with Gasteiger partial charge in [-0.15, -0.1) is 0 Å². The van der Waals surface area contributed by atoms with Crippen LogP contribution in [-0.2, 0) is 9.59 Å². The van der Waals surface area contributed by atoms with Gasteiger partial charge in [0.2, 0.25) is 11.8 Å². The van der Waals surface area contributed by atoms with E-state index < -0.39 is 0 Å². The monoisotopic (exact) mass is 314 g/mol. The fourth-order valence-corrected chi connectivity index (χ4v) is 3.13. The van der Waals surface area contributed by atoms with Gasteiger partial charge in [-0.3, -0.25) is 9.59 Å². The van der Waals surface area contributed by atoms with Crippen molar-refractivity contribution in [2.75, 3.05) is 26.7 Å². The third-order valence-electron chi connectivity index (χ3n) is 4.68. The summed E-state index contributed by atoms with van der Waals surface area (Å²) in [5.74, 6) is 0.518. The number of amides is 2. The molecule has 0 unspecified atom stereocenters. The molecule has 4 heteroatoms. The first-order valence-electron chi connectivity index (χ1n) is 8.24. The van der Waals surface area contributed by atoms with E-state index in [9.17, 15) is 9.59 Å². The van der Waals surface area contributed by atoms with Crippen LogP contribution in [0.5, 0.6) is 0 Å². The third-order valence-corrected chi connectivity index (χ3v) is 4.68. The summed E-state index contributed by atoms with van der Waals surface area (Å²) in [7, 11) is 1.80. The van der Waals surface area contributed by atoms with Gasteiger partial charge in [0.05, 0.1) is 5.92 Å². The summed E-state index contributed by atoms with van der Waals surface area (Å²) in [4.78, 5) is 27.8. The average molecular weight is 314 g/mol. The maximum Gasteiger partial charge on any atom is 0.245 e. The fraction of sp³-hybridized carbons (Fsp3) is 0.474. The number of likely N-dealkylation sites (N-methyl/N-ethyl adjacent to an activating group) is 1. The molecule has 0 aromatic heterocycles. The lowest BCUT2D eigenvalue weighted by molar-refractivity contribution is -0.134. The van der Waals surface area contributed by atoms with Crippen molar-refractivity contribution in [1.82, 2.24) is 9.80 Å². The van der Waals surface area contributed by atoms with Crippen LogP contribution in [0.4, 0.5) is 0 Å². The number of carbonyl (C=O) groups is 2. The van der Waals surface area contributed by atoms with Gasteiger partial charge < -0.3 is 9.80 Å². The summed E-state index contributed by atoms with van der Waals surface area (Å²) >= 11 is 0. The van der Waals surface area contributed by atoms with Crippen molar-refractivity contribution in [1.29, 1.82) is 0 Å². The highest BCUT2D eigenvalue weighted by Crippen LogP contribution is 2.23. The van der Waals surface area contributed by atoms with Crippen LogP contribution < -0.4 is 0 Å². The van der Waals surface area contributed by atoms with Crippen LogP contribution in [0.1, 0.15) is 31.2 Å². The molecule has 0 spiro atoms. The number of piperidine rings is 1. The third kappa shape index (κ3) is 4.44. The molecule has 0 radical (unpaired) electrons. The van der Waals surface area contributed by atoms with Gasteiger partial charge in [0.15, 0.2) is 0 Å². The van der Waals surface area contributed by atoms with Gasteiger partial charge in [0, 0.05) is 26.7 Å². The van der Waals surface area contributed by atoms with E-state index in [1.54, 1.807) is 11.9 Å². The van der Waals surface area contributed by atoms with E-state index >= 15 is 0 Å². The molecule has 0 aliphatic carbocycles. The van der Waals surface area contributed by atoms with Gasteiger partial charge in [-0.25, -0.2) is 0 Å². The Morgan fingerprint density at radius 1 is 1.30 bits per heavy atom. The van der Waals surface area contributed by atoms with Crippen LogP contribution in [-0.4, -0.2) is 48.3 Å². The van der Waals surface area contributed by atoms with Crippen LogP contribution in [0, 0.1) is 5.92 Å². The van der Waals surface area contributed by atoms with Crippen molar-refractivity contribution < 1.29 is 9.59 Å². The molecule has 1 aliphatic rings. The minimum atomic E-state index is -0.0993. The summed E-state index contributed by atoms with van der Waals surface area (Å²) in [6.07, 6.45) is 3.24. The molecular formula is C19H26N2O2. The zero-order chi connectivity index (χ0) is 16.8. The van der Waals surface area contributed by atoms with Crippen molar-refractivity contribution in [3.05, 3.63) is 48.6 Å². The van der Waals surface area contributed by atoms with Gasteiger partial charge in [-0.05, 0) is 37.3 Å². The smallest absolute Gasteiger partial charge is 0.245 e. The molecule has 0 N–H and O–H groups in total. The molecule has 1 heterocycles. The lowest BCUT2D eigenvalue weighted by Gasteiger charge is -2.35. The lowest BCUT2D eigenvalue weighted by atomic mass is 9.93. The zero-order valence-electron chi connectivity index (χ0n) is 14.1. The van der Waals surface area contributed by atoms with Gasteiger partial charge in [0.25, 0.3) is 0 Å². The maximum absolute atomic E-state index is 12.6. The van der Waals surface area contributed by atoms with E-state index in [1.807, 2.05) is 42.2 Å². The molecule has 2 rings (SSSR count). The molecule has 124 valence electrons. The number of hydrogen-bond donors (Lipinski definition) is 0. The quantitative estimate of drug-likeness (QED) is 0.784. The fourth-order valence-electron chi connectivity index (χ4n) is 3.13. The van der Waals surface area contributed by atoms with Crippen LogP contribution in [0.2, 0.25) is 0 Å². The molecule has 1 aliphatic heterocycles. The van der Waals surface area contributed by atoms with Crippen LogP contribution in [0.15, 0.2) is 43.0 Å². The van der Waals surface area contributed by atoms with E-state index in [-0.39, 0.29) is 17.7 Å². The summed E-state index contributed by atoms with van der Waals surface area (Å²) in [5, 5.41) is 0. The maximum atomic E-state index is 12.6. The van der Waals surface area contributed by atoms with Crippen molar-refractivity contribution in [3.8, 4) is 0 Å². The van der Waals surface area contributed by atoms with Gasteiger partial charge in [-0.1, -0.05) is 36.9 Å². The SMILES string of the molecule is C=CC(=O)N(C)CC1CCN(C(=O)[C@@H](C)c2ccccc2)CC1. The average Bonchev–Trinajstić information content (AvgIpc) is 2.61. The second-order valence-electron chi connectivity index (χ2n) is 6.32. The largest absolute Gasteiger partial charge is 0.342 e. The van der Waals surface area contributed by atoms with Crippen LogP contribution in [0.3, 0.4) is 0 Å². The Hall–Kier alpha value is -2.10. The molecule has 1 aromatic carbocycles. The Morgan fingerprint density at radius 3 is 2.48 bits per heavy atom. The summed E-state index contributed by atoms with van der Waals surface area (Å²) in [5.41, 5.74) is 1.07. The Bertz CT molecular complexity index is 548. The van der Waals surface area contributed by atoms with Gasteiger partial charge in [0.1, 0.15) is 0 Å². The lowest BCUT2D eigenvalue weighted by Crippen LogP contribution is -2.43. The number of carbonyl (C=O) groups excluding carboxylic acids is 2. The highest BCUT2D eigenvalue weighted by molar-refractivity contribution is 5.86. The second kappa shape index (κ2) is 7.95. The second-order valence-corrected chi connectivity index (χ2v) is 6.32. The van der Waals surface area contributed by atoms with Crippen molar-refractivity contribution in [2.45, 2.75) is 25.7 Å². The Kier molecular flexibility index (Phi) is 5.97. The molecule has 1 fully saturated rings. The highest BCUT2D eigenvalue weighted by atomic mass is 16.2. The van der Waals surface area contributed by atoms with Crippen LogP contribution in [0.25, 0.3) is 0 Å². The topological polar surface area (TPSA) is 40.6 Å². The minimum absolute atomic E-state index is 0.0406. The predicted molar refractivity (Wildman–Crippen MR) is 92.0 cm³/mol. The summed E-state index contributed by atoms with van der Waals surface area (Å²) in [6, 6.07) is 9.92.